The molecule has 0 spiro atoms. The smallest absolute Gasteiger partial charge is 0.230 e. The van der Waals surface area contributed by atoms with E-state index in [0.29, 0.717) is 19.3 Å². The maximum atomic E-state index is 12.0. The molecule has 1 fully saturated rings. The van der Waals surface area contributed by atoms with Crippen LogP contribution in [-0.4, -0.2) is 16.7 Å². The van der Waals surface area contributed by atoms with Gasteiger partial charge in [0.05, 0.1) is 6.04 Å². The summed E-state index contributed by atoms with van der Waals surface area (Å²) in [6.45, 7) is 6.04. The van der Waals surface area contributed by atoms with Gasteiger partial charge in [-0.05, 0) is 37.5 Å². The van der Waals surface area contributed by atoms with E-state index in [4.69, 9.17) is 6.42 Å². The van der Waals surface area contributed by atoms with Crippen LogP contribution < -0.4 is 0 Å². The van der Waals surface area contributed by atoms with E-state index in [0.717, 1.165) is 16.7 Å². The highest BCUT2D eigenvalue weighted by molar-refractivity contribution is 6.02. The van der Waals surface area contributed by atoms with Gasteiger partial charge in [0.25, 0.3) is 0 Å². The average molecular weight is 269 g/mol. The van der Waals surface area contributed by atoms with Crippen LogP contribution in [0.5, 0.6) is 0 Å². The average Bonchev–Trinajstić information content (AvgIpc) is 2.67. The first-order valence-electron chi connectivity index (χ1n) is 6.81. The number of rotatable bonds is 3. The molecule has 0 radical (unpaired) electrons. The van der Waals surface area contributed by atoms with Gasteiger partial charge in [-0.3, -0.25) is 14.5 Å². The lowest BCUT2D eigenvalue weighted by atomic mass is 9.91. The van der Waals surface area contributed by atoms with Gasteiger partial charge in [-0.2, -0.15) is 0 Å². The topological polar surface area (TPSA) is 37.4 Å². The van der Waals surface area contributed by atoms with Crippen molar-refractivity contribution in [3.05, 3.63) is 34.4 Å². The largest absolute Gasteiger partial charge is 0.274 e. The Labute approximate surface area is 120 Å². The molecule has 3 heteroatoms. The van der Waals surface area contributed by atoms with Gasteiger partial charge in [-0.15, -0.1) is 12.3 Å². The molecule has 1 atom stereocenters. The van der Waals surface area contributed by atoms with Gasteiger partial charge < -0.3 is 0 Å². The molecule has 20 heavy (non-hydrogen) atoms. The third-order valence-corrected chi connectivity index (χ3v) is 3.78. The number of benzene rings is 1. The van der Waals surface area contributed by atoms with E-state index in [2.05, 4.69) is 18.1 Å². The fourth-order valence-corrected chi connectivity index (χ4v) is 3.09. The first-order chi connectivity index (χ1) is 9.45. The summed E-state index contributed by atoms with van der Waals surface area (Å²) in [7, 11) is 0. The van der Waals surface area contributed by atoms with Crippen molar-refractivity contribution in [3.8, 4) is 12.3 Å². The molecule has 0 aromatic heterocycles. The van der Waals surface area contributed by atoms with Crippen LogP contribution in [0.15, 0.2) is 12.1 Å². The number of hydrogen-bond donors (Lipinski definition) is 0. The minimum absolute atomic E-state index is 0.116. The fraction of sp³-hybridized carbons (Fsp3) is 0.412. The second-order valence-electron chi connectivity index (χ2n) is 5.39. The molecular weight excluding hydrogens is 250 g/mol. The Bertz CT molecular complexity index is 571. The molecule has 1 aromatic rings. The molecule has 1 aliphatic rings. The number of nitrogens with zero attached hydrogens (tertiary/aromatic N) is 1. The summed E-state index contributed by atoms with van der Waals surface area (Å²) in [5.74, 6) is 2.38. The van der Waals surface area contributed by atoms with Crippen LogP contribution in [0.3, 0.4) is 0 Å². The van der Waals surface area contributed by atoms with E-state index >= 15 is 0 Å². The molecule has 2 rings (SSSR count). The van der Waals surface area contributed by atoms with Crippen molar-refractivity contribution in [1.29, 1.82) is 0 Å². The summed E-state index contributed by atoms with van der Waals surface area (Å²) < 4.78 is 0. The molecule has 1 aromatic carbocycles. The predicted molar refractivity (Wildman–Crippen MR) is 77.9 cm³/mol. The number of likely N-dealkylation sites (tertiary alicyclic amines) is 1. The van der Waals surface area contributed by atoms with Gasteiger partial charge in [-0.1, -0.05) is 17.7 Å². The summed E-state index contributed by atoms with van der Waals surface area (Å²) in [5, 5.41) is 0. The summed E-state index contributed by atoms with van der Waals surface area (Å²) in [6.07, 6.45) is 6.41. The standard InChI is InChI=1S/C17H19NO2/c1-5-6-14(18-15(19)7-8-16(18)20)17-12(3)9-11(2)10-13(17)4/h1,9-10,14H,6-8H2,2-4H3. The van der Waals surface area contributed by atoms with Crippen molar-refractivity contribution >= 4 is 11.8 Å². The molecule has 0 bridgehead atoms. The molecule has 1 unspecified atom stereocenters. The van der Waals surface area contributed by atoms with Crippen LogP contribution >= 0.6 is 0 Å². The van der Waals surface area contributed by atoms with Crippen molar-refractivity contribution in [3.63, 3.8) is 0 Å². The highest BCUT2D eigenvalue weighted by atomic mass is 16.2. The van der Waals surface area contributed by atoms with Gasteiger partial charge in [0.15, 0.2) is 0 Å². The van der Waals surface area contributed by atoms with Crippen molar-refractivity contribution in [1.82, 2.24) is 4.90 Å². The summed E-state index contributed by atoms with van der Waals surface area (Å²) in [6, 6.07) is 3.80. The normalized spacial score (nSPS) is 16.4. The van der Waals surface area contributed by atoms with Crippen LogP contribution in [0.1, 0.15) is 47.6 Å². The zero-order valence-corrected chi connectivity index (χ0v) is 12.2. The lowest BCUT2D eigenvalue weighted by molar-refractivity contribution is -0.141. The lowest BCUT2D eigenvalue weighted by Crippen LogP contribution is -2.34. The van der Waals surface area contributed by atoms with Gasteiger partial charge in [-0.25, -0.2) is 0 Å². The summed E-state index contributed by atoms with van der Waals surface area (Å²) in [5.41, 5.74) is 4.34. The monoisotopic (exact) mass is 269 g/mol. The Kier molecular flexibility index (Phi) is 3.94. The molecular formula is C17H19NO2. The maximum Gasteiger partial charge on any atom is 0.230 e. The number of amides is 2. The highest BCUT2D eigenvalue weighted by Gasteiger charge is 2.36. The first kappa shape index (κ1) is 14.3. The van der Waals surface area contributed by atoms with E-state index < -0.39 is 0 Å². The zero-order chi connectivity index (χ0) is 14.9. The molecule has 1 heterocycles. The number of carbonyl (C=O) groups is 2. The molecule has 0 saturated carbocycles. The van der Waals surface area contributed by atoms with Gasteiger partial charge in [0.2, 0.25) is 11.8 Å². The van der Waals surface area contributed by atoms with Crippen LogP contribution in [0.4, 0.5) is 0 Å². The van der Waals surface area contributed by atoms with Gasteiger partial charge >= 0.3 is 0 Å². The quantitative estimate of drug-likeness (QED) is 0.625. The van der Waals surface area contributed by atoms with E-state index in [1.165, 1.54) is 10.5 Å². The number of imide groups is 1. The molecule has 104 valence electrons. The fourth-order valence-electron chi connectivity index (χ4n) is 3.09. The van der Waals surface area contributed by atoms with E-state index in [-0.39, 0.29) is 17.9 Å². The molecule has 2 amide bonds. The predicted octanol–water partition coefficient (Wildman–Crippen LogP) is 2.83. The Morgan fingerprint density at radius 3 is 2.10 bits per heavy atom. The molecule has 0 N–H and O–H groups in total. The molecule has 0 aliphatic carbocycles. The van der Waals surface area contributed by atoms with E-state index in [9.17, 15) is 9.59 Å². The minimum Gasteiger partial charge on any atom is -0.274 e. The van der Waals surface area contributed by atoms with E-state index in [1.807, 2.05) is 20.8 Å². The van der Waals surface area contributed by atoms with Crippen LogP contribution in [0, 0.1) is 33.1 Å². The second-order valence-corrected chi connectivity index (χ2v) is 5.39. The Morgan fingerprint density at radius 1 is 1.15 bits per heavy atom. The summed E-state index contributed by atoms with van der Waals surface area (Å²) >= 11 is 0. The highest BCUT2D eigenvalue weighted by Crippen LogP contribution is 2.33. The van der Waals surface area contributed by atoms with Gasteiger partial charge in [0, 0.05) is 19.3 Å². The number of aryl methyl sites for hydroxylation is 3. The van der Waals surface area contributed by atoms with Crippen LogP contribution in [0.25, 0.3) is 0 Å². The number of carbonyl (C=O) groups excluding carboxylic acids is 2. The maximum absolute atomic E-state index is 12.0. The van der Waals surface area contributed by atoms with Crippen molar-refractivity contribution in [2.75, 3.05) is 0 Å². The first-order valence-corrected chi connectivity index (χ1v) is 6.81. The third kappa shape index (κ3) is 2.46. The molecule has 1 aliphatic heterocycles. The summed E-state index contributed by atoms with van der Waals surface area (Å²) in [4.78, 5) is 25.4. The minimum atomic E-state index is -0.330. The van der Waals surface area contributed by atoms with Crippen molar-refractivity contribution in [2.45, 2.75) is 46.1 Å². The van der Waals surface area contributed by atoms with Crippen molar-refractivity contribution < 1.29 is 9.59 Å². The van der Waals surface area contributed by atoms with Crippen LogP contribution in [0.2, 0.25) is 0 Å². The van der Waals surface area contributed by atoms with Gasteiger partial charge in [0.1, 0.15) is 0 Å². The Balaban J connectivity index is 2.52. The van der Waals surface area contributed by atoms with Crippen molar-refractivity contribution in [2.24, 2.45) is 0 Å². The Morgan fingerprint density at radius 2 is 1.65 bits per heavy atom. The Hall–Kier alpha value is -2.08. The second kappa shape index (κ2) is 5.50. The zero-order valence-electron chi connectivity index (χ0n) is 12.2. The molecule has 1 saturated heterocycles. The van der Waals surface area contributed by atoms with Crippen LogP contribution in [-0.2, 0) is 9.59 Å². The number of terminal acetylenes is 1. The number of hydrogen-bond acceptors (Lipinski definition) is 2. The lowest BCUT2D eigenvalue weighted by Gasteiger charge is -2.28. The SMILES string of the molecule is C#CCC(c1c(C)cc(C)cc1C)N1C(=O)CCC1=O. The van der Waals surface area contributed by atoms with E-state index in [1.54, 1.807) is 0 Å². The third-order valence-electron chi connectivity index (χ3n) is 3.78. The molecule has 3 nitrogen and oxygen atoms in total.